The molecule has 0 spiro atoms. The molecular weight excluding hydrogens is 348 g/mol. The summed E-state index contributed by atoms with van der Waals surface area (Å²) in [5.74, 6) is 1.01. The maximum atomic E-state index is 12.4. The number of carbonyl (C=O) groups is 1. The van der Waals surface area contributed by atoms with Gasteiger partial charge in [-0.3, -0.25) is 4.79 Å². The van der Waals surface area contributed by atoms with Crippen LogP contribution in [-0.4, -0.2) is 48.6 Å². The molecule has 2 aromatic rings. The fourth-order valence-corrected chi connectivity index (χ4v) is 3.88. The van der Waals surface area contributed by atoms with E-state index in [1.54, 1.807) is 7.11 Å². The molecule has 0 bridgehead atoms. The Balaban J connectivity index is 1.53. The Kier molecular flexibility index (Phi) is 6.96. The van der Waals surface area contributed by atoms with E-state index in [1.807, 2.05) is 18.2 Å². The summed E-state index contributed by atoms with van der Waals surface area (Å²) in [5.41, 5.74) is 1.21. The molecule has 1 N–H and O–H groups in total. The van der Waals surface area contributed by atoms with Crippen LogP contribution in [0.5, 0.6) is 0 Å². The lowest BCUT2D eigenvalue weighted by molar-refractivity contribution is -0.125. The molecule has 1 aromatic heterocycles. The monoisotopic (exact) mass is 374 g/mol. The number of carbonyl (C=O) groups excluding carboxylic acids is 1. The van der Waals surface area contributed by atoms with E-state index in [9.17, 15) is 4.79 Å². The molecule has 1 aliphatic rings. The molecule has 1 aromatic carbocycles. The Bertz CT molecular complexity index is 692. The standard InChI is InChI=1S/C19H26N4O2S/c1-25-12-6-10-20-18(24)16-9-5-11-23(14-16)19-21-17(22-26-19)13-15-7-3-2-4-8-15/h2-4,7-8,16H,5-6,9-14H2,1H3,(H,20,24)/t16-/m0/s1. The van der Waals surface area contributed by atoms with Crippen LogP contribution < -0.4 is 10.2 Å². The number of hydrogen-bond acceptors (Lipinski definition) is 6. The van der Waals surface area contributed by atoms with Crippen LogP contribution in [-0.2, 0) is 16.0 Å². The highest BCUT2D eigenvalue weighted by molar-refractivity contribution is 7.09. The number of nitrogens with one attached hydrogen (secondary N) is 1. The van der Waals surface area contributed by atoms with E-state index >= 15 is 0 Å². The fraction of sp³-hybridized carbons (Fsp3) is 0.526. The number of hydrogen-bond donors (Lipinski definition) is 1. The Morgan fingerprint density at radius 2 is 2.23 bits per heavy atom. The lowest BCUT2D eigenvalue weighted by Gasteiger charge is -2.31. The van der Waals surface area contributed by atoms with Crippen molar-refractivity contribution < 1.29 is 9.53 Å². The highest BCUT2D eigenvalue weighted by atomic mass is 32.1. The van der Waals surface area contributed by atoms with Crippen molar-refractivity contribution >= 4 is 22.6 Å². The van der Waals surface area contributed by atoms with Crippen LogP contribution in [0, 0.1) is 5.92 Å². The Morgan fingerprint density at radius 1 is 1.38 bits per heavy atom. The van der Waals surface area contributed by atoms with E-state index in [2.05, 4.69) is 26.7 Å². The minimum Gasteiger partial charge on any atom is -0.385 e. The number of aromatic nitrogens is 2. The Hall–Kier alpha value is -1.99. The van der Waals surface area contributed by atoms with Crippen molar-refractivity contribution in [2.45, 2.75) is 25.7 Å². The summed E-state index contributed by atoms with van der Waals surface area (Å²) in [7, 11) is 1.68. The summed E-state index contributed by atoms with van der Waals surface area (Å²) in [5, 5.41) is 3.94. The Morgan fingerprint density at radius 3 is 3.04 bits per heavy atom. The van der Waals surface area contributed by atoms with Gasteiger partial charge in [-0.1, -0.05) is 30.3 Å². The van der Waals surface area contributed by atoms with Crippen LogP contribution in [0.3, 0.4) is 0 Å². The molecule has 140 valence electrons. The van der Waals surface area contributed by atoms with Crippen LogP contribution in [0.2, 0.25) is 0 Å². The first kappa shape index (κ1) is 18.8. The van der Waals surface area contributed by atoms with Crippen LogP contribution in [0.1, 0.15) is 30.7 Å². The molecule has 26 heavy (non-hydrogen) atoms. The fourth-order valence-electron chi connectivity index (χ4n) is 3.16. The highest BCUT2D eigenvalue weighted by Crippen LogP contribution is 2.25. The van der Waals surface area contributed by atoms with Gasteiger partial charge >= 0.3 is 0 Å². The number of nitrogens with zero attached hydrogens (tertiary/aromatic N) is 3. The van der Waals surface area contributed by atoms with Gasteiger partial charge in [-0.2, -0.15) is 4.37 Å². The Labute approximate surface area is 158 Å². The molecule has 1 fully saturated rings. The third-order valence-corrected chi connectivity index (χ3v) is 5.36. The third-order valence-electron chi connectivity index (χ3n) is 4.55. The molecule has 3 rings (SSSR count). The lowest BCUT2D eigenvalue weighted by Crippen LogP contribution is -2.43. The molecule has 7 heteroatoms. The van der Waals surface area contributed by atoms with Crippen LogP contribution >= 0.6 is 11.5 Å². The topological polar surface area (TPSA) is 67.3 Å². The number of rotatable bonds is 8. The molecule has 2 heterocycles. The summed E-state index contributed by atoms with van der Waals surface area (Å²) < 4.78 is 9.52. The van der Waals surface area contributed by atoms with Gasteiger partial charge in [0, 0.05) is 51.3 Å². The first-order valence-corrected chi connectivity index (χ1v) is 9.91. The van der Waals surface area contributed by atoms with E-state index in [0.29, 0.717) is 13.2 Å². The van der Waals surface area contributed by atoms with Gasteiger partial charge in [0.05, 0.1) is 5.92 Å². The molecule has 0 saturated carbocycles. The van der Waals surface area contributed by atoms with Gasteiger partial charge in [0.2, 0.25) is 11.0 Å². The molecule has 1 saturated heterocycles. The van der Waals surface area contributed by atoms with E-state index in [0.717, 1.165) is 49.7 Å². The molecule has 0 radical (unpaired) electrons. The number of methoxy groups -OCH3 is 1. The van der Waals surface area contributed by atoms with E-state index in [1.165, 1.54) is 17.1 Å². The smallest absolute Gasteiger partial charge is 0.224 e. The van der Waals surface area contributed by atoms with Crippen molar-refractivity contribution in [1.29, 1.82) is 0 Å². The zero-order valence-corrected chi connectivity index (χ0v) is 16.0. The van der Waals surface area contributed by atoms with E-state index in [-0.39, 0.29) is 11.8 Å². The van der Waals surface area contributed by atoms with E-state index < -0.39 is 0 Å². The predicted octanol–water partition coefficient (Wildman–Crippen LogP) is 2.50. The molecule has 1 aliphatic heterocycles. The number of amides is 1. The average Bonchev–Trinajstić information content (AvgIpc) is 3.14. The van der Waals surface area contributed by atoms with Crippen LogP contribution in [0.4, 0.5) is 5.13 Å². The second-order valence-corrected chi connectivity index (χ2v) is 7.31. The predicted molar refractivity (Wildman–Crippen MR) is 104 cm³/mol. The number of ether oxygens (including phenoxy) is 1. The van der Waals surface area contributed by atoms with Crippen LogP contribution in [0.15, 0.2) is 30.3 Å². The summed E-state index contributed by atoms with van der Waals surface area (Å²) in [4.78, 5) is 19.3. The van der Waals surface area contributed by atoms with Crippen LogP contribution in [0.25, 0.3) is 0 Å². The second kappa shape index (κ2) is 9.64. The SMILES string of the molecule is COCCCNC(=O)[C@H]1CCCN(c2nc(Cc3ccccc3)ns2)C1. The summed E-state index contributed by atoms with van der Waals surface area (Å²) in [6.07, 6.45) is 3.53. The zero-order chi connectivity index (χ0) is 18.2. The minimum absolute atomic E-state index is 0.0211. The van der Waals surface area contributed by atoms with Gasteiger partial charge in [-0.25, -0.2) is 4.98 Å². The number of anilines is 1. The second-order valence-electron chi connectivity index (χ2n) is 6.58. The van der Waals surface area contributed by atoms with Gasteiger partial charge in [-0.05, 0) is 24.8 Å². The van der Waals surface area contributed by atoms with Crippen molar-refractivity contribution in [3.8, 4) is 0 Å². The average molecular weight is 375 g/mol. The van der Waals surface area contributed by atoms with Crippen molar-refractivity contribution in [3.05, 3.63) is 41.7 Å². The van der Waals surface area contributed by atoms with Gasteiger partial charge < -0.3 is 15.0 Å². The van der Waals surface area contributed by atoms with Crippen molar-refractivity contribution in [2.24, 2.45) is 5.92 Å². The maximum Gasteiger partial charge on any atom is 0.224 e. The van der Waals surface area contributed by atoms with Gasteiger partial charge in [0.25, 0.3) is 0 Å². The first-order valence-electron chi connectivity index (χ1n) is 9.14. The molecule has 0 unspecified atom stereocenters. The lowest BCUT2D eigenvalue weighted by atomic mass is 9.97. The highest BCUT2D eigenvalue weighted by Gasteiger charge is 2.27. The van der Waals surface area contributed by atoms with Crippen molar-refractivity contribution in [3.63, 3.8) is 0 Å². The zero-order valence-electron chi connectivity index (χ0n) is 15.2. The quantitative estimate of drug-likeness (QED) is 0.719. The number of benzene rings is 1. The normalized spacial score (nSPS) is 17.3. The molecule has 1 amide bonds. The molecule has 0 aliphatic carbocycles. The first-order chi connectivity index (χ1) is 12.8. The van der Waals surface area contributed by atoms with Gasteiger partial charge in [0.15, 0.2) is 0 Å². The minimum atomic E-state index is 0.0211. The number of piperidine rings is 1. The van der Waals surface area contributed by atoms with Gasteiger partial charge in [-0.15, -0.1) is 0 Å². The summed E-state index contributed by atoms with van der Waals surface area (Å²) in [6, 6.07) is 10.3. The summed E-state index contributed by atoms with van der Waals surface area (Å²) in [6.45, 7) is 3.00. The van der Waals surface area contributed by atoms with E-state index in [4.69, 9.17) is 9.72 Å². The maximum absolute atomic E-state index is 12.4. The largest absolute Gasteiger partial charge is 0.385 e. The molecular formula is C19H26N4O2S. The van der Waals surface area contributed by atoms with Gasteiger partial charge in [0.1, 0.15) is 5.82 Å². The van der Waals surface area contributed by atoms with Crippen molar-refractivity contribution in [1.82, 2.24) is 14.7 Å². The third kappa shape index (κ3) is 5.25. The molecule has 1 atom stereocenters. The molecule has 6 nitrogen and oxygen atoms in total. The van der Waals surface area contributed by atoms with Crippen molar-refractivity contribution in [2.75, 3.05) is 38.3 Å². The summed E-state index contributed by atoms with van der Waals surface area (Å²) >= 11 is 1.43.